The van der Waals surface area contributed by atoms with Crippen LogP contribution in [0, 0.1) is 23.7 Å². The van der Waals surface area contributed by atoms with Gasteiger partial charge in [-0.05, 0) is 55.1 Å². The summed E-state index contributed by atoms with van der Waals surface area (Å²) in [5, 5.41) is 10.9. The van der Waals surface area contributed by atoms with E-state index < -0.39 is 0 Å². The van der Waals surface area contributed by atoms with Gasteiger partial charge in [0, 0.05) is 6.04 Å². The molecule has 18 heavy (non-hydrogen) atoms. The van der Waals surface area contributed by atoms with Gasteiger partial charge in [-0.2, -0.15) is 0 Å². The average Bonchev–Trinajstić information content (AvgIpc) is 2.78. The van der Waals surface area contributed by atoms with E-state index in [4.69, 9.17) is 11.6 Å². The standard InChI is InChI=1S/C13H14ClN3O/c14-9-4-3-8(16-17-9)13(18)15-12-10-6-1-2-7(5-6)11(10)12/h3-4,6-7,10-12H,1-2,5H2,(H,15,18). The Kier molecular flexibility index (Phi) is 2.19. The first kappa shape index (κ1) is 10.7. The molecule has 3 fully saturated rings. The molecule has 1 aromatic heterocycles. The number of nitrogens with zero attached hydrogens (tertiary/aromatic N) is 2. The SMILES string of the molecule is O=C(NC1C2C3CCC(C3)C12)c1ccc(Cl)nn1. The minimum Gasteiger partial charge on any atom is -0.347 e. The van der Waals surface area contributed by atoms with Gasteiger partial charge in [0.05, 0.1) is 0 Å². The van der Waals surface area contributed by atoms with Crippen LogP contribution in [0.2, 0.25) is 5.15 Å². The third-order valence-corrected chi connectivity index (χ3v) is 5.10. The molecule has 1 heterocycles. The number of halogens is 1. The van der Waals surface area contributed by atoms with E-state index in [2.05, 4.69) is 15.5 Å². The van der Waals surface area contributed by atoms with Crippen molar-refractivity contribution in [1.82, 2.24) is 15.5 Å². The molecule has 0 aromatic carbocycles. The third-order valence-electron chi connectivity index (χ3n) is 4.90. The Bertz CT molecular complexity index is 487. The van der Waals surface area contributed by atoms with Crippen LogP contribution in [0.3, 0.4) is 0 Å². The summed E-state index contributed by atoms with van der Waals surface area (Å²) in [6.45, 7) is 0. The third kappa shape index (κ3) is 1.48. The minimum atomic E-state index is -0.113. The Labute approximate surface area is 110 Å². The maximum absolute atomic E-state index is 12.0. The van der Waals surface area contributed by atoms with E-state index in [0.717, 1.165) is 23.7 Å². The summed E-state index contributed by atoms with van der Waals surface area (Å²) in [6.07, 6.45) is 4.11. The van der Waals surface area contributed by atoms with Crippen molar-refractivity contribution in [2.45, 2.75) is 25.3 Å². The topological polar surface area (TPSA) is 54.9 Å². The van der Waals surface area contributed by atoms with Gasteiger partial charge in [-0.3, -0.25) is 4.79 Å². The zero-order chi connectivity index (χ0) is 12.3. The maximum atomic E-state index is 12.0. The van der Waals surface area contributed by atoms with Crippen molar-refractivity contribution in [3.05, 3.63) is 23.0 Å². The lowest BCUT2D eigenvalue weighted by Gasteiger charge is -2.09. The highest BCUT2D eigenvalue weighted by Gasteiger charge is 2.65. The Morgan fingerprint density at radius 2 is 1.94 bits per heavy atom. The highest BCUT2D eigenvalue weighted by atomic mass is 35.5. The van der Waals surface area contributed by atoms with Crippen LogP contribution in [0.4, 0.5) is 0 Å². The number of fused-ring (bicyclic) bond motifs is 5. The lowest BCUT2D eigenvalue weighted by atomic mass is 10.0. The maximum Gasteiger partial charge on any atom is 0.272 e. The zero-order valence-electron chi connectivity index (χ0n) is 9.84. The quantitative estimate of drug-likeness (QED) is 0.887. The van der Waals surface area contributed by atoms with Crippen LogP contribution in [0.5, 0.6) is 0 Å². The van der Waals surface area contributed by atoms with Gasteiger partial charge < -0.3 is 5.32 Å². The Hall–Kier alpha value is -1.16. The number of amides is 1. The van der Waals surface area contributed by atoms with Gasteiger partial charge in [-0.15, -0.1) is 10.2 Å². The second-order valence-electron chi connectivity index (χ2n) is 5.73. The second-order valence-corrected chi connectivity index (χ2v) is 6.12. The molecule has 0 radical (unpaired) electrons. The van der Waals surface area contributed by atoms with E-state index in [1.54, 1.807) is 12.1 Å². The molecule has 1 amide bonds. The molecular weight excluding hydrogens is 250 g/mol. The zero-order valence-corrected chi connectivity index (χ0v) is 10.6. The first-order valence-electron chi connectivity index (χ1n) is 6.54. The number of hydrogen-bond acceptors (Lipinski definition) is 3. The van der Waals surface area contributed by atoms with Gasteiger partial charge in [0.15, 0.2) is 10.8 Å². The molecule has 4 atom stereocenters. The number of carbonyl (C=O) groups excluding carboxylic acids is 1. The summed E-state index contributed by atoms with van der Waals surface area (Å²) < 4.78 is 0. The van der Waals surface area contributed by atoms with Crippen LogP contribution >= 0.6 is 11.6 Å². The van der Waals surface area contributed by atoms with Crippen LogP contribution in [0.1, 0.15) is 29.8 Å². The van der Waals surface area contributed by atoms with Gasteiger partial charge >= 0.3 is 0 Å². The highest BCUT2D eigenvalue weighted by Crippen LogP contribution is 2.65. The molecule has 1 N–H and O–H groups in total. The van der Waals surface area contributed by atoms with E-state index >= 15 is 0 Å². The van der Waals surface area contributed by atoms with Crippen molar-refractivity contribution < 1.29 is 4.79 Å². The molecule has 2 bridgehead atoms. The minimum absolute atomic E-state index is 0.113. The van der Waals surface area contributed by atoms with Crippen molar-refractivity contribution in [1.29, 1.82) is 0 Å². The molecule has 5 heteroatoms. The largest absolute Gasteiger partial charge is 0.347 e. The Balaban J connectivity index is 1.44. The molecular formula is C13H14ClN3O. The molecule has 4 nitrogen and oxygen atoms in total. The molecule has 0 saturated heterocycles. The summed E-state index contributed by atoms with van der Waals surface area (Å²) >= 11 is 5.65. The normalized spacial score (nSPS) is 39.5. The van der Waals surface area contributed by atoms with Crippen molar-refractivity contribution in [3.63, 3.8) is 0 Å². The molecule has 3 aliphatic rings. The predicted molar refractivity (Wildman–Crippen MR) is 66.1 cm³/mol. The van der Waals surface area contributed by atoms with Gasteiger partial charge in [0.1, 0.15) is 0 Å². The second kappa shape index (κ2) is 3.67. The number of carbonyl (C=O) groups is 1. The van der Waals surface area contributed by atoms with Gasteiger partial charge in [0.2, 0.25) is 0 Å². The van der Waals surface area contributed by atoms with Crippen molar-refractivity contribution >= 4 is 17.5 Å². The lowest BCUT2D eigenvalue weighted by molar-refractivity contribution is 0.0938. The fraction of sp³-hybridized carbons (Fsp3) is 0.615. The average molecular weight is 264 g/mol. The Morgan fingerprint density at radius 1 is 1.22 bits per heavy atom. The van der Waals surface area contributed by atoms with Gasteiger partial charge in [-0.25, -0.2) is 0 Å². The summed E-state index contributed by atoms with van der Waals surface area (Å²) in [7, 11) is 0. The van der Waals surface area contributed by atoms with Gasteiger partial charge in [0.25, 0.3) is 5.91 Å². The summed E-state index contributed by atoms with van der Waals surface area (Å²) in [6, 6.07) is 3.61. The number of hydrogen-bond donors (Lipinski definition) is 1. The first-order chi connectivity index (χ1) is 8.74. The smallest absolute Gasteiger partial charge is 0.272 e. The van der Waals surface area contributed by atoms with Crippen molar-refractivity contribution in [2.75, 3.05) is 0 Å². The highest BCUT2D eigenvalue weighted by molar-refractivity contribution is 6.29. The first-order valence-corrected chi connectivity index (χ1v) is 6.92. The number of rotatable bonds is 2. The summed E-state index contributed by atoms with van der Waals surface area (Å²) in [5.74, 6) is 3.10. The molecule has 4 rings (SSSR count). The van der Waals surface area contributed by atoms with Crippen LogP contribution in [-0.4, -0.2) is 22.1 Å². The molecule has 3 saturated carbocycles. The molecule has 3 aliphatic carbocycles. The molecule has 94 valence electrons. The van der Waals surface area contributed by atoms with E-state index in [9.17, 15) is 4.79 Å². The van der Waals surface area contributed by atoms with Crippen molar-refractivity contribution in [2.24, 2.45) is 23.7 Å². The van der Waals surface area contributed by atoms with Crippen LogP contribution in [0.25, 0.3) is 0 Å². The fourth-order valence-corrected chi connectivity index (χ4v) is 4.28. The summed E-state index contributed by atoms with van der Waals surface area (Å²) in [5.41, 5.74) is 0.358. The van der Waals surface area contributed by atoms with E-state index in [-0.39, 0.29) is 5.91 Å². The fourth-order valence-electron chi connectivity index (χ4n) is 4.18. The van der Waals surface area contributed by atoms with Crippen LogP contribution < -0.4 is 5.32 Å². The Morgan fingerprint density at radius 3 is 2.56 bits per heavy atom. The van der Waals surface area contributed by atoms with E-state index in [0.29, 0.717) is 16.9 Å². The number of aromatic nitrogens is 2. The molecule has 1 aromatic rings. The molecule has 4 unspecified atom stereocenters. The lowest BCUT2D eigenvalue weighted by Crippen LogP contribution is -2.30. The molecule has 0 spiro atoms. The number of nitrogens with one attached hydrogen (secondary N) is 1. The van der Waals surface area contributed by atoms with Gasteiger partial charge in [-0.1, -0.05) is 11.6 Å². The monoisotopic (exact) mass is 263 g/mol. The summed E-state index contributed by atoms with van der Waals surface area (Å²) in [4.78, 5) is 12.0. The van der Waals surface area contributed by atoms with E-state index in [1.165, 1.54) is 19.3 Å². The van der Waals surface area contributed by atoms with E-state index in [1.807, 2.05) is 0 Å². The van der Waals surface area contributed by atoms with Crippen LogP contribution in [-0.2, 0) is 0 Å². The molecule has 0 aliphatic heterocycles. The predicted octanol–water partition coefficient (Wildman–Crippen LogP) is 1.90. The van der Waals surface area contributed by atoms with Crippen molar-refractivity contribution in [3.8, 4) is 0 Å². The van der Waals surface area contributed by atoms with Crippen LogP contribution in [0.15, 0.2) is 12.1 Å².